The van der Waals surface area contributed by atoms with E-state index in [1.165, 1.54) is 6.07 Å². The molecule has 0 aliphatic rings. The van der Waals surface area contributed by atoms with Gasteiger partial charge in [0.25, 0.3) is 0 Å². The Hall–Kier alpha value is -1.55. The molecule has 1 atom stereocenters. The third kappa shape index (κ3) is 3.75. The summed E-state index contributed by atoms with van der Waals surface area (Å²) in [5, 5.41) is 9.64. The molecule has 3 N–H and O–H groups in total. The molecule has 94 valence electrons. The molecule has 0 aromatic heterocycles. The fourth-order valence-electron chi connectivity index (χ4n) is 1.33. The quantitative estimate of drug-likeness (QED) is 0.774. The van der Waals surface area contributed by atoms with E-state index < -0.39 is 11.6 Å². The van der Waals surface area contributed by atoms with Crippen molar-refractivity contribution in [3.05, 3.63) is 29.3 Å². The molecule has 0 amide bonds. The number of phenols is 1. The zero-order valence-electron chi connectivity index (χ0n) is 10.7. The molecule has 1 aromatic carbocycles. The molecule has 4 nitrogen and oxygen atoms in total. The van der Waals surface area contributed by atoms with Crippen molar-refractivity contribution < 1.29 is 14.6 Å². The van der Waals surface area contributed by atoms with Crippen LogP contribution in [0, 0.1) is 0 Å². The third-order valence-corrected chi connectivity index (χ3v) is 2.17. The van der Waals surface area contributed by atoms with Crippen molar-refractivity contribution in [2.45, 2.75) is 39.3 Å². The number of carbonyl (C=O) groups excluding carboxylic acids is 1. The predicted octanol–water partition coefficient (Wildman–Crippen LogP) is 2.37. The van der Waals surface area contributed by atoms with Gasteiger partial charge >= 0.3 is 5.97 Å². The second-order valence-electron chi connectivity index (χ2n) is 5.07. The Morgan fingerprint density at radius 2 is 2.00 bits per heavy atom. The van der Waals surface area contributed by atoms with Crippen molar-refractivity contribution in [3.63, 3.8) is 0 Å². The number of ether oxygens (including phenoxy) is 1. The highest BCUT2D eigenvalue weighted by Gasteiger charge is 2.21. The van der Waals surface area contributed by atoms with Gasteiger partial charge < -0.3 is 15.6 Å². The summed E-state index contributed by atoms with van der Waals surface area (Å²) in [7, 11) is 0. The van der Waals surface area contributed by atoms with Crippen molar-refractivity contribution in [1.82, 2.24) is 0 Å². The summed E-state index contributed by atoms with van der Waals surface area (Å²) in [4.78, 5) is 11.8. The predicted molar refractivity (Wildman–Crippen MR) is 65.9 cm³/mol. The Labute approximate surface area is 101 Å². The minimum Gasteiger partial charge on any atom is -0.507 e. The molecule has 4 heteroatoms. The Bertz CT molecular complexity index is 419. The number of nitrogens with two attached hydrogens (primary N) is 1. The van der Waals surface area contributed by atoms with Crippen LogP contribution in [0.2, 0.25) is 0 Å². The zero-order chi connectivity index (χ0) is 13.2. The SMILES string of the molecule is CC(N)c1ccc(O)c(C(=O)OC(C)(C)C)c1. The Kier molecular flexibility index (Phi) is 3.78. The molecule has 0 saturated heterocycles. The van der Waals surface area contributed by atoms with Crippen molar-refractivity contribution in [2.75, 3.05) is 0 Å². The Morgan fingerprint density at radius 3 is 2.47 bits per heavy atom. The molecule has 1 rings (SSSR count). The van der Waals surface area contributed by atoms with Gasteiger partial charge in [-0.2, -0.15) is 0 Å². The average molecular weight is 237 g/mol. The van der Waals surface area contributed by atoms with Gasteiger partial charge in [-0.25, -0.2) is 4.79 Å². The van der Waals surface area contributed by atoms with Gasteiger partial charge in [0.1, 0.15) is 16.9 Å². The van der Waals surface area contributed by atoms with E-state index in [-0.39, 0.29) is 17.4 Å². The number of phenolic OH excluding ortho intramolecular Hbond substituents is 1. The molecule has 0 spiro atoms. The second-order valence-corrected chi connectivity index (χ2v) is 5.07. The standard InChI is InChI=1S/C13H19NO3/c1-8(14)9-5-6-11(15)10(7-9)12(16)17-13(2,3)4/h5-8,15H,14H2,1-4H3. The van der Waals surface area contributed by atoms with Gasteiger partial charge in [-0.3, -0.25) is 0 Å². The van der Waals surface area contributed by atoms with E-state index in [1.54, 1.807) is 32.9 Å². The summed E-state index contributed by atoms with van der Waals surface area (Å²) in [5.74, 6) is -0.638. The number of hydrogen-bond acceptors (Lipinski definition) is 4. The maximum Gasteiger partial charge on any atom is 0.342 e. The smallest absolute Gasteiger partial charge is 0.342 e. The van der Waals surface area contributed by atoms with Gasteiger partial charge in [0.15, 0.2) is 0 Å². The number of esters is 1. The lowest BCUT2D eigenvalue weighted by Gasteiger charge is -2.20. The van der Waals surface area contributed by atoms with E-state index in [0.29, 0.717) is 0 Å². The monoisotopic (exact) mass is 237 g/mol. The van der Waals surface area contributed by atoms with Crippen LogP contribution in [0.15, 0.2) is 18.2 Å². The molecule has 17 heavy (non-hydrogen) atoms. The maximum atomic E-state index is 11.8. The van der Waals surface area contributed by atoms with Crippen LogP contribution >= 0.6 is 0 Å². The first kappa shape index (κ1) is 13.5. The molecule has 0 saturated carbocycles. The van der Waals surface area contributed by atoms with Crippen molar-refractivity contribution in [1.29, 1.82) is 0 Å². The van der Waals surface area contributed by atoms with Crippen LogP contribution in [-0.2, 0) is 4.74 Å². The van der Waals surface area contributed by atoms with Crippen LogP contribution in [0.5, 0.6) is 5.75 Å². The molecular weight excluding hydrogens is 218 g/mol. The minimum absolute atomic E-state index is 0.0938. The summed E-state index contributed by atoms with van der Waals surface area (Å²) < 4.78 is 5.20. The lowest BCUT2D eigenvalue weighted by atomic mass is 10.0. The highest BCUT2D eigenvalue weighted by molar-refractivity contribution is 5.92. The molecule has 0 heterocycles. The maximum absolute atomic E-state index is 11.8. The minimum atomic E-state index is -0.589. The summed E-state index contributed by atoms with van der Waals surface area (Å²) in [6.07, 6.45) is 0. The molecule has 0 aliphatic carbocycles. The van der Waals surface area contributed by atoms with Crippen LogP contribution in [-0.4, -0.2) is 16.7 Å². The lowest BCUT2D eigenvalue weighted by Crippen LogP contribution is -2.24. The summed E-state index contributed by atoms with van der Waals surface area (Å²) in [6, 6.07) is 4.51. The number of hydrogen-bond donors (Lipinski definition) is 2. The molecule has 0 fully saturated rings. The van der Waals surface area contributed by atoms with E-state index in [0.717, 1.165) is 5.56 Å². The number of benzene rings is 1. The first-order chi connectivity index (χ1) is 7.70. The average Bonchev–Trinajstić information content (AvgIpc) is 2.14. The molecule has 1 aromatic rings. The molecule has 1 unspecified atom stereocenters. The molecule has 0 aliphatic heterocycles. The van der Waals surface area contributed by atoms with Crippen LogP contribution in [0.4, 0.5) is 0 Å². The highest BCUT2D eigenvalue weighted by atomic mass is 16.6. The summed E-state index contributed by atoms with van der Waals surface area (Å²) >= 11 is 0. The van der Waals surface area contributed by atoms with Crippen LogP contribution in [0.1, 0.15) is 49.7 Å². The second kappa shape index (κ2) is 4.75. The van der Waals surface area contributed by atoms with Crippen LogP contribution in [0.25, 0.3) is 0 Å². The van der Waals surface area contributed by atoms with E-state index in [2.05, 4.69) is 0 Å². The van der Waals surface area contributed by atoms with Crippen molar-refractivity contribution in [2.24, 2.45) is 5.73 Å². The van der Waals surface area contributed by atoms with Gasteiger partial charge in [-0.15, -0.1) is 0 Å². The highest BCUT2D eigenvalue weighted by Crippen LogP contribution is 2.24. The van der Waals surface area contributed by atoms with Gasteiger partial charge in [0, 0.05) is 6.04 Å². The molecular formula is C13H19NO3. The van der Waals surface area contributed by atoms with Gasteiger partial charge in [-0.1, -0.05) is 6.07 Å². The topological polar surface area (TPSA) is 72.5 Å². The van der Waals surface area contributed by atoms with Gasteiger partial charge in [0.05, 0.1) is 0 Å². The summed E-state index contributed by atoms with van der Waals surface area (Å²) in [6.45, 7) is 7.14. The largest absolute Gasteiger partial charge is 0.507 e. The van der Waals surface area contributed by atoms with Gasteiger partial charge in [-0.05, 0) is 45.4 Å². The van der Waals surface area contributed by atoms with E-state index in [9.17, 15) is 9.90 Å². The van der Waals surface area contributed by atoms with Crippen LogP contribution < -0.4 is 5.73 Å². The van der Waals surface area contributed by atoms with E-state index in [1.807, 2.05) is 6.92 Å². The fourth-order valence-corrected chi connectivity index (χ4v) is 1.33. The number of rotatable bonds is 2. The number of carbonyl (C=O) groups is 1. The normalized spacial score (nSPS) is 13.2. The Balaban J connectivity index is 3.04. The van der Waals surface area contributed by atoms with Crippen molar-refractivity contribution >= 4 is 5.97 Å². The lowest BCUT2D eigenvalue weighted by molar-refractivity contribution is 0.00667. The molecule has 0 radical (unpaired) electrons. The number of aromatic hydroxyl groups is 1. The van der Waals surface area contributed by atoms with Crippen LogP contribution in [0.3, 0.4) is 0 Å². The summed E-state index contributed by atoms with van der Waals surface area (Å²) in [5.41, 5.74) is 6.07. The first-order valence-corrected chi connectivity index (χ1v) is 5.52. The third-order valence-electron chi connectivity index (χ3n) is 2.17. The zero-order valence-corrected chi connectivity index (χ0v) is 10.7. The Morgan fingerprint density at radius 1 is 1.41 bits per heavy atom. The van der Waals surface area contributed by atoms with Gasteiger partial charge in [0.2, 0.25) is 0 Å². The first-order valence-electron chi connectivity index (χ1n) is 5.52. The van der Waals surface area contributed by atoms with Crippen molar-refractivity contribution in [3.8, 4) is 5.75 Å². The molecule has 0 bridgehead atoms. The van der Waals surface area contributed by atoms with E-state index >= 15 is 0 Å². The fraction of sp³-hybridized carbons (Fsp3) is 0.462. The van der Waals surface area contributed by atoms with E-state index in [4.69, 9.17) is 10.5 Å².